The van der Waals surface area contributed by atoms with Crippen LogP contribution >= 0.6 is 0 Å². The van der Waals surface area contributed by atoms with Crippen LogP contribution in [0.5, 0.6) is 5.75 Å². The summed E-state index contributed by atoms with van der Waals surface area (Å²) in [5, 5.41) is 0. The van der Waals surface area contributed by atoms with E-state index in [9.17, 15) is 4.79 Å². The molecule has 1 aromatic carbocycles. The Hall–Kier alpha value is -1.31. The van der Waals surface area contributed by atoms with E-state index in [4.69, 9.17) is 4.74 Å². The van der Waals surface area contributed by atoms with Crippen LogP contribution in [0.4, 0.5) is 0 Å². The Morgan fingerprint density at radius 3 is 2.80 bits per heavy atom. The van der Waals surface area contributed by atoms with Crippen molar-refractivity contribution in [3.8, 4) is 5.75 Å². The number of hydrogen-bond donors (Lipinski definition) is 0. The molecular formula is C18H24O2. The summed E-state index contributed by atoms with van der Waals surface area (Å²) < 4.78 is 5.41. The van der Waals surface area contributed by atoms with Gasteiger partial charge in [0.1, 0.15) is 12.0 Å². The average molecular weight is 272 g/mol. The highest BCUT2D eigenvalue weighted by atomic mass is 16.5. The Kier molecular flexibility index (Phi) is 3.15. The van der Waals surface area contributed by atoms with Crippen molar-refractivity contribution < 1.29 is 9.53 Å². The molecule has 0 amide bonds. The molecule has 0 unspecified atom stereocenters. The molecule has 0 bridgehead atoms. The molecule has 0 saturated heterocycles. The quantitative estimate of drug-likeness (QED) is 0.763. The lowest BCUT2D eigenvalue weighted by atomic mass is 9.50. The normalized spacial score (nSPS) is 35.9. The van der Waals surface area contributed by atoms with E-state index in [1.807, 2.05) is 0 Å². The summed E-state index contributed by atoms with van der Waals surface area (Å²) >= 11 is 0. The number of rotatable bonds is 2. The van der Waals surface area contributed by atoms with Crippen LogP contribution < -0.4 is 4.74 Å². The van der Waals surface area contributed by atoms with Gasteiger partial charge in [0.25, 0.3) is 0 Å². The van der Waals surface area contributed by atoms with Crippen molar-refractivity contribution in [2.75, 3.05) is 7.11 Å². The number of methoxy groups -OCH3 is 1. The summed E-state index contributed by atoms with van der Waals surface area (Å²) in [6.07, 6.45) is 6.80. The van der Waals surface area contributed by atoms with E-state index in [2.05, 4.69) is 32.0 Å². The first-order valence-corrected chi connectivity index (χ1v) is 7.67. The zero-order valence-corrected chi connectivity index (χ0v) is 12.7. The van der Waals surface area contributed by atoms with Crippen molar-refractivity contribution in [1.82, 2.24) is 0 Å². The van der Waals surface area contributed by atoms with E-state index >= 15 is 0 Å². The third-order valence-electron chi connectivity index (χ3n) is 5.88. The number of aryl methyl sites for hydroxylation is 1. The number of carbonyl (C=O) groups is 1. The van der Waals surface area contributed by atoms with Gasteiger partial charge in [0.05, 0.1) is 7.11 Å². The first-order chi connectivity index (χ1) is 9.53. The number of hydrogen-bond acceptors (Lipinski definition) is 2. The largest absolute Gasteiger partial charge is 0.497 e. The fourth-order valence-corrected chi connectivity index (χ4v) is 4.76. The molecule has 0 aliphatic heterocycles. The molecule has 0 radical (unpaired) electrons. The highest BCUT2D eigenvalue weighted by Gasteiger charge is 2.51. The fraction of sp³-hybridized carbons (Fsp3) is 0.611. The van der Waals surface area contributed by atoms with E-state index in [0.717, 1.165) is 31.4 Å². The minimum Gasteiger partial charge on any atom is -0.497 e. The lowest BCUT2D eigenvalue weighted by Gasteiger charge is -2.53. The van der Waals surface area contributed by atoms with Crippen LogP contribution in [0.3, 0.4) is 0 Å². The topological polar surface area (TPSA) is 26.3 Å². The van der Waals surface area contributed by atoms with Crippen LogP contribution in [0.2, 0.25) is 0 Å². The van der Waals surface area contributed by atoms with Gasteiger partial charge in [-0.05, 0) is 60.3 Å². The zero-order valence-electron chi connectivity index (χ0n) is 12.7. The van der Waals surface area contributed by atoms with Gasteiger partial charge >= 0.3 is 0 Å². The Balaban J connectivity index is 2.11. The van der Waals surface area contributed by atoms with Crippen LogP contribution in [0.15, 0.2) is 18.2 Å². The van der Waals surface area contributed by atoms with E-state index in [0.29, 0.717) is 5.92 Å². The van der Waals surface area contributed by atoms with Gasteiger partial charge in [-0.3, -0.25) is 0 Å². The molecule has 0 aromatic heterocycles. The number of carbonyl (C=O) groups excluding carboxylic acids is 1. The molecule has 2 aliphatic carbocycles. The molecule has 20 heavy (non-hydrogen) atoms. The second-order valence-electron chi connectivity index (χ2n) is 7.01. The van der Waals surface area contributed by atoms with E-state index < -0.39 is 0 Å². The summed E-state index contributed by atoms with van der Waals surface area (Å²) in [6, 6.07) is 6.48. The summed E-state index contributed by atoms with van der Waals surface area (Å²) in [7, 11) is 1.72. The van der Waals surface area contributed by atoms with Crippen LogP contribution in [0, 0.1) is 11.3 Å². The number of benzene rings is 1. The Labute approximate surface area is 121 Å². The molecule has 0 spiro atoms. The third-order valence-corrected chi connectivity index (χ3v) is 5.88. The van der Waals surface area contributed by atoms with Gasteiger partial charge < -0.3 is 9.53 Å². The first kappa shape index (κ1) is 13.7. The summed E-state index contributed by atoms with van der Waals surface area (Å²) in [4.78, 5) is 11.7. The van der Waals surface area contributed by atoms with Crippen LogP contribution in [0.1, 0.15) is 50.7 Å². The predicted molar refractivity (Wildman–Crippen MR) is 80.2 cm³/mol. The van der Waals surface area contributed by atoms with Crippen LogP contribution in [-0.2, 0) is 16.6 Å². The average Bonchev–Trinajstić information content (AvgIpc) is 2.46. The minimum absolute atomic E-state index is 0.121. The van der Waals surface area contributed by atoms with Crippen LogP contribution in [-0.4, -0.2) is 13.4 Å². The SMILES string of the molecule is COc1ccc2c(c1)[C@]1(C)CCC[C@@](C)(C=O)[C@H]1CC2. The summed E-state index contributed by atoms with van der Waals surface area (Å²) in [5.74, 6) is 1.39. The lowest BCUT2D eigenvalue weighted by molar-refractivity contribution is -0.123. The molecule has 1 saturated carbocycles. The van der Waals surface area contributed by atoms with Crippen molar-refractivity contribution in [3.05, 3.63) is 29.3 Å². The van der Waals surface area contributed by atoms with Gasteiger partial charge in [-0.15, -0.1) is 0 Å². The molecule has 2 nitrogen and oxygen atoms in total. The molecule has 1 fully saturated rings. The highest BCUT2D eigenvalue weighted by molar-refractivity contribution is 5.61. The van der Waals surface area contributed by atoms with Gasteiger partial charge in [0, 0.05) is 5.41 Å². The molecule has 0 N–H and O–H groups in total. The third kappa shape index (κ3) is 1.81. The van der Waals surface area contributed by atoms with Crippen LogP contribution in [0.25, 0.3) is 0 Å². The van der Waals surface area contributed by atoms with Gasteiger partial charge in [-0.1, -0.05) is 26.3 Å². The number of ether oxygens (including phenoxy) is 1. The number of fused-ring (bicyclic) bond motifs is 3. The lowest BCUT2D eigenvalue weighted by Crippen LogP contribution is -2.49. The molecule has 3 rings (SSSR count). The second kappa shape index (κ2) is 4.61. The first-order valence-electron chi connectivity index (χ1n) is 7.67. The van der Waals surface area contributed by atoms with E-state index in [-0.39, 0.29) is 10.8 Å². The van der Waals surface area contributed by atoms with Crippen molar-refractivity contribution in [2.24, 2.45) is 11.3 Å². The molecule has 2 aliphatic rings. The van der Waals surface area contributed by atoms with Crippen molar-refractivity contribution in [1.29, 1.82) is 0 Å². The smallest absolute Gasteiger partial charge is 0.126 e. The maximum atomic E-state index is 11.7. The molecule has 108 valence electrons. The van der Waals surface area contributed by atoms with E-state index in [1.165, 1.54) is 23.8 Å². The maximum absolute atomic E-state index is 11.7. The van der Waals surface area contributed by atoms with Gasteiger partial charge in [-0.25, -0.2) is 0 Å². The Morgan fingerprint density at radius 1 is 1.30 bits per heavy atom. The molecule has 2 heteroatoms. The van der Waals surface area contributed by atoms with Gasteiger partial charge in [0.2, 0.25) is 0 Å². The second-order valence-corrected chi connectivity index (χ2v) is 7.01. The zero-order chi connectivity index (χ0) is 14.4. The van der Waals surface area contributed by atoms with Crippen molar-refractivity contribution in [2.45, 2.75) is 51.4 Å². The van der Waals surface area contributed by atoms with Crippen molar-refractivity contribution in [3.63, 3.8) is 0 Å². The Morgan fingerprint density at radius 2 is 2.10 bits per heavy atom. The number of aldehydes is 1. The highest BCUT2D eigenvalue weighted by Crippen LogP contribution is 2.56. The summed E-state index contributed by atoms with van der Waals surface area (Å²) in [5.41, 5.74) is 2.82. The van der Waals surface area contributed by atoms with Gasteiger partial charge in [-0.2, -0.15) is 0 Å². The monoisotopic (exact) mass is 272 g/mol. The van der Waals surface area contributed by atoms with Gasteiger partial charge in [0.15, 0.2) is 0 Å². The van der Waals surface area contributed by atoms with Crippen molar-refractivity contribution >= 4 is 6.29 Å². The summed E-state index contributed by atoms with van der Waals surface area (Å²) in [6.45, 7) is 4.52. The molecule has 1 aromatic rings. The van der Waals surface area contributed by atoms with E-state index in [1.54, 1.807) is 7.11 Å². The molecular weight excluding hydrogens is 248 g/mol. The minimum atomic E-state index is -0.159. The fourth-order valence-electron chi connectivity index (χ4n) is 4.76. The molecule has 3 atom stereocenters. The Bertz CT molecular complexity index is 536. The predicted octanol–water partition coefficient (Wildman–Crippen LogP) is 3.90. The molecule has 0 heterocycles. The maximum Gasteiger partial charge on any atom is 0.126 e. The standard InChI is InChI=1S/C18H24O2/c1-17(12-19)9-4-10-18(2)15-11-14(20-3)7-5-13(15)6-8-16(17)18/h5,7,11-12,16H,4,6,8-10H2,1-3H3/t16-,17+,18+/m1/s1.